The van der Waals surface area contributed by atoms with Gasteiger partial charge in [-0.15, -0.1) is 0 Å². The van der Waals surface area contributed by atoms with Crippen molar-refractivity contribution >= 4 is 5.69 Å². The van der Waals surface area contributed by atoms with Gasteiger partial charge in [-0.2, -0.15) is 0 Å². The molecule has 2 nitrogen and oxygen atoms in total. The Balaban J connectivity index is 2.17. The average Bonchev–Trinajstić information content (AvgIpc) is 2.50. The van der Waals surface area contributed by atoms with Crippen LogP contribution in [0.3, 0.4) is 0 Å². The minimum atomic E-state index is -0.192. The highest BCUT2D eigenvalue weighted by Crippen LogP contribution is 2.20. The van der Waals surface area contributed by atoms with Crippen LogP contribution in [0.4, 0.5) is 10.1 Å². The smallest absolute Gasteiger partial charge is 0.125 e. The highest BCUT2D eigenvalue weighted by molar-refractivity contribution is 5.47. The summed E-state index contributed by atoms with van der Waals surface area (Å²) in [6, 6.07) is 15.5. The Bertz CT molecular complexity index is 566. The molecule has 1 N–H and O–H groups in total. The largest absolute Gasteiger partial charge is 0.370 e. The van der Waals surface area contributed by atoms with Gasteiger partial charge in [-0.3, -0.25) is 0 Å². The lowest BCUT2D eigenvalue weighted by molar-refractivity contribution is 0.574. The summed E-state index contributed by atoms with van der Waals surface area (Å²) in [5, 5.41) is 3.35. The predicted molar refractivity (Wildman–Crippen MR) is 87.3 cm³/mol. The number of hydrogen-bond donors (Lipinski definition) is 1. The first kappa shape index (κ1) is 15.5. The molecular weight excluding hydrogens is 263 g/mol. The van der Waals surface area contributed by atoms with Gasteiger partial charge in [-0.25, -0.2) is 4.39 Å². The van der Waals surface area contributed by atoms with Gasteiger partial charge in [0.05, 0.1) is 0 Å². The molecule has 0 aliphatic carbocycles. The number of anilines is 1. The first-order valence-electron chi connectivity index (χ1n) is 7.38. The average molecular weight is 286 g/mol. The molecule has 0 saturated carbocycles. The number of likely N-dealkylation sites (N-methyl/N-ethyl adjacent to an activating group) is 2. The Kier molecular flexibility index (Phi) is 5.34. The molecule has 2 aromatic carbocycles. The summed E-state index contributed by atoms with van der Waals surface area (Å²) >= 11 is 0. The number of nitrogens with one attached hydrogen (secondary N) is 1. The van der Waals surface area contributed by atoms with Crippen LogP contribution in [0.25, 0.3) is 0 Å². The van der Waals surface area contributed by atoms with Crippen molar-refractivity contribution in [2.45, 2.75) is 19.9 Å². The number of benzene rings is 2. The summed E-state index contributed by atoms with van der Waals surface area (Å²) in [6.07, 6.45) is 0. The van der Waals surface area contributed by atoms with E-state index in [1.54, 1.807) is 12.1 Å². The van der Waals surface area contributed by atoms with E-state index in [0.29, 0.717) is 0 Å². The molecule has 3 heteroatoms. The van der Waals surface area contributed by atoms with Crippen molar-refractivity contribution in [1.29, 1.82) is 0 Å². The first-order valence-corrected chi connectivity index (χ1v) is 7.38. The van der Waals surface area contributed by atoms with E-state index in [1.807, 2.05) is 13.1 Å². The quantitative estimate of drug-likeness (QED) is 0.866. The van der Waals surface area contributed by atoms with Gasteiger partial charge >= 0.3 is 0 Å². The number of hydrogen-bond acceptors (Lipinski definition) is 2. The minimum Gasteiger partial charge on any atom is -0.370 e. The Labute approximate surface area is 126 Å². The Morgan fingerprint density at radius 2 is 1.86 bits per heavy atom. The molecule has 21 heavy (non-hydrogen) atoms. The second-order valence-electron chi connectivity index (χ2n) is 5.27. The Hall–Kier alpha value is -1.87. The Morgan fingerprint density at radius 3 is 2.43 bits per heavy atom. The van der Waals surface area contributed by atoms with Crippen molar-refractivity contribution in [3.63, 3.8) is 0 Å². The molecule has 0 aliphatic heterocycles. The van der Waals surface area contributed by atoms with Gasteiger partial charge in [0.2, 0.25) is 0 Å². The zero-order valence-electron chi connectivity index (χ0n) is 12.9. The fourth-order valence-corrected chi connectivity index (χ4v) is 2.47. The van der Waals surface area contributed by atoms with Gasteiger partial charge in [-0.1, -0.05) is 35.9 Å². The van der Waals surface area contributed by atoms with E-state index in [4.69, 9.17) is 0 Å². The fourth-order valence-electron chi connectivity index (χ4n) is 2.47. The lowest BCUT2D eigenvalue weighted by Gasteiger charge is -2.28. The van der Waals surface area contributed by atoms with Crippen LogP contribution in [-0.4, -0.2) is 20.1 Å². The first-order chi connectivity index (χ1) is 10.1. The molecule has 0 spiro atoms. The number of nitrogens with zero attached hydrogens (tertiary/aromatic N) is 1. The van der Waals surface area contributed by atoms with Crippen molar-refractivity contribution in [3.8, 4) is 0 Å². The maximum atomic E-state index is 13.4. The molecule has 0 radical (unpaired) electrons. The summed E-state index contributed by atoms with van der Waals surface area (Å²) < 4.78 is 13.4. The zero-order valence-corrected chi connectivity index (χ0v) is 12.9. The monoisotopic (exact) mass is 286 g/mol. The summed E-state index contributed by atoms with van der Waals surface area (Å²) in [6.45, 7) is 5.82. The predicted octanol–water partition coefficient (Wildman–Crippen LogP) is 3.92. The molecule has 1 atom stereocenters. The molecule has 0 amide bonds. The summed E-state index contributed by atoms with van der Waals surface area (Å²) in [7, 11) is 1.96. The van der Waals surface area contributed by atoms with Crippen LogP contribution in [0.5, 0.6) is 0 Å². The summed E-state index contributed by atoms with van der Waals surface area (Å²) in [5.41, 5.74) is 3.42. The molecule has 0 bridgehead atoms. The highest BCUT2D eigenvalue weighted by Gasteiger charge is 2.14. The molecule has 0 aliphatic rings. The minimum absolute atomic E-state index is 0.192. The molecule has 0 fully saturated rings. The fraction of sp³-hybridized carbons (Fsp3) is 0.333. The van der Waals surface area contributed by atoms with E-state index in [2.05, 4.69) is 48.3 Å². The molecule has 0 saturated heterocycles. The van der Waals surface area contributed by atoms with Crippen LogP contribution in [0.1, 0.15) is 24.1 Å². The Morgan fingerprint density at radius 1 is 1.14 bits per heavy atom. The van der Waals surface area contributed by atoms with Crippen LogP contribution in [0.15, 0.2) is 48.5 Å². The van der Waals surface area contributed by atoms with Gasteiger partial charge in [0.1, 0.15) is 5.82 Å². The van der Waals surface area contributed by atoms with Crippen LogP contribution >= 0.6 is 0 Å². The lowest BCUT2D eigenvalue weighted by Crippen LogP contribution is -2.33. The van der Waals surface area contributed by atoms with E-state index >= 15 is 0 Å². The number of aryl methyl sites for hydroxylation is 1. The van der Waals surface area contributed by atoms with E-state index in [1.165, 1.54) is 17.2 Å². The summed E-state index contributed by atoms with van der Waals surface area (Å²) in [5.74, 6) is -0.192. The molecule has 112 valence electrons. The molecule has 1 unspecified atom stereocenters. The van der Waals surface area contributed by atoms with Gasteiger partial charge in [0, 0.05) is 24.8 Å². The SMILES string of the molecule is CCN(CC(NC)c1ccc(C)cc1)c1cccc(F)c1. The molecular formula is C18H23FN2. The van der Waals surface area contributed by atoms with E-state index in [9.17, 15) is 4.39 Å². The number of halogens is 1. The van der Waals surface area contributed by atoms with Crippen LogP contribution < -0.4 is 10.2 Å². The number of rotatable bonds is 6. The van der Waals surface area contributed by atoms with Crippen LogP contribution in [0.2, 0.25) is 0 Å². The van der Waals surface area contributed by atoms with Crippen molar-refractivity contribution in [1.82, 2.24) is 5.32 Å². The standard InChI is InChI=1S/C18H23FN2/c1-4-21(17-7-5-6-16(19)12-17)13-18(20-3)15-10-8-14(2)9-11-15/h5-12,18,20H,4,13H2,1-3H3. The van der Waals surface area contributed by atoms with E-state index in [0.717, 1.165) is 18.8 Å². The van der Waals surface area contributed by atoms with E-state index < -0.39 is 0 Å². The topological polar surface area (TPSA) is 15.3 Å². The van der Waals surface area contributed by atoms with Gasteiger partial charge in [-0.05, 0) is 44.7 Å². The van der Waals surface area contributed by atoms with Crippen molar-refractivity contribution < 1.29 is 4.39 Å². The molecule has 0 heterocycles. The third kappa shape index (κ3) is 4.05. The molecule has 2 rings (SSSR count). The normalized spacial score (nSPS) is 12.2. The van der Waals surface area contributed by atoms with Gasteiger partial charge < -0.3 is 10.2 Å². The molecule has 0 aromatic heterocycles. The van der Waals surface area contributed by atoms with Crippen molar-refractivity contribution in [2.75, 3.05) is 25.0 Å². The van der Waals surface area contributed by atoms with E-state index in [-0.39, 0.29) is 11.9 Å². The van der Waals surface area contributed by atoms with Gasteiger partial charge in [0.25, 0.3) is 0 Å². The van der Waals surface area contributed by atoms with Crippen LogP contribution in [0, 0.1) is 12.7 Å². The van der Waals surface area contributed by atoms with Crippen molar-refractivity contribution in [3.05, 3.63) is 65.5 Å². The zero-order chi connectivity index (χ0) is 15.2. The lowest BCUT2D eigenvalue weighted by atomic mass is 10.0. The maximum Gasteiger partial charge on any atom is 0.125 e. The van der Waals surface area contributed by atoms with Crippen molar-refractivity contribution in [2.24, 2.45) is 0 Å². The summed E-state index contributed by atoms with van der Waals surface area (Å²) in [4.78, 5) is 2.18. The second kappa shape index (κ2) is 7.23. The molecule has 2 aromatic rings. The highest BCUT2D eigenvalue weighted by atomic mass is 19.1. The maximum absolute atomic E-state index is 13.4. The second-order valence-corrected chi connectivity index (χ2v) is 5.27. The third-order valence-corrected chi connectivity index (χ3v) is 3.79. The third-order valence-electron chi connectivity index (χ3n) is 3.79. The van der Waals surface area contributed by atoms with Gasteiger partial charge in [0.15, 0.2) is 0 Å². The van der Waals surface area contributed by atoms with Crippen LogP contribution in [-0.2, 0) is 0 Å².